The van der Waals surface area contributed by atoms with Gasteiger partial charge in [0.1, 0.15) is 12.1 Å². The van der Waals surface area contributed by atoms with Crippen molar-refractivity contribution in [2.45, 2.75) is 32.0 Å². The first-order chi connectivity index (χ1) is 11.2. The van der Waals surface area contributed by atoms with Crippen molar-refractivity contribution in [3.8, 4) is 0 Å². The minimum atomic E-state index is -0.220. The van der Waals surface area contributed by atoms with Crippen LogP contribution in [-0.4, -0.2) is 39.5 Å². The third-order valence-electron chi connectivity index (χ3n) is 4.09. The lowest BCUT2D eigenvalue weighted by Crippen LogP contribution is -2.39. The number of rotatable bonds is 4. The van der Waals surface area contributed by atoms with Crippen molar-refractivity contribution in [3.63, 3.8) is 0 Å². The molecule has 6 heteroatoms. The van der Waals surface area contributed by atoms with Gasteiger partial charge in [-0.1, -0.05) is 30.3 Å². The van der Waals surface area contributed by atoms with Gasteiger partial charge in [0, 0.05) is 31.4 Å². The smallest absolute Gasteiger partial charge is 0.320 e. The summed E-state index contributed by atoms with van der Waals surface area (Å²) >= 11 is 0. The van der Waals surface area contributed by atoms with E-state index in [0.29, 0.717) is 11.9 Å². The van der Waals surface area contributed by atoms with Crippen LogP contribution in [0.2, 0.25) is 0 Å². The maximum absolute atomic E-state index is 12.0. The first kappa shape index (κ1) is 15.4. The van der Waals surface area contributed by atoms with E-state index in [2.05, 4.69) is 56.7 Å². The largest absolute Gasteiger partial charge is 0.334 e. The second-order valence-electron chi connectivity index (χ2n) is 5.89. The summed E-state index contributed by atoms with van der Waals surface area (Å²) in [4.78, 5) is 22.2. The minimum Gasteiger partial charge on any atom is -0.334 e. The van der Waals surface area contributed by atoms with Crippen LogP contribution in [0.3, 0.4) is 0 Å². The summed E-state index contributed by atoms with van der Waals surface area (Å²) in [6, 6.07) is 12.4. The molecule has 1 aliphatic rings. The molecule has 120 valence electrons. The van der Waals surface area contributed by atoms with Crippen LogP contribution in [0.25, 0.3) is 0 Å². The van der Waals surface area contributed by atoms with Crippen LogP contribution >= 0.6 is 0 Å². The van der Waals surface area contributed by atoms with Gasteiger partial charge in [0.25, 0.3) is 0 Å². The van der Waals surface area contributed by atoms with Crippen molar-refractivity contribution in [2.24, 2.45) is 0 Å². The monoisotopic (exact) mass is 311 g/mol. The van der Waals surface area contributed by atoms with Crippen LogP contribution in [0, 0.1) is 0 Å². The summed E-state index contributed by atoms with van der Waals surface area (Å²) in [5.41, 5.74) is 1.30. The predicted octanol–water partition coefficient (Wildman–Crippen LogP) is 2.26. The van der Waals surface area contributed by atoms with Gasteiger partial charge in [-0.2, -0.15) is 0 Å². The summed E-state index contributed by atoms with van der Waals surface area (Å²) in [5.74, 6) is 0.504. The van der Waals surface area contributed by atoms with Crippen molar-refractivity contribution < 1.29 is 4.79 Å². The average Bonchev–Trinajstić information content (AvgIpc) is 2.88. The van der Waals surface area contributed by atoms with Crippen LogP contribution in [-0.2, 0) is 6.54 Å². The average molecular weight is 311 g/mol. The van der Waals surface area contributed by atoms with Crippen LogP contribution in [0.4, 0.5) is 10.6 Å². The zero-order valence-corrected chi connectivity index (χ0v) is 13.1. The van der Waals surface area contributed by atoms with Crippen molar-refractivity contribution in [1.29, 1.82) is 0 Å². The zero-order chi connectivity index (χ0) is 16.1. The first-order valence-corrected chi connectivity index (χ1v) is 7.82. The SMILES string of the molecule is C[C@@H]1C[C@H](NC(=O)Nc2ccncn2)CN1Cc1ccccc1. The Hall–Kier alpha value is -2.47. The van der Waals surface area contributed by atoms with Gasteiger partial charge in [-0.05, 0) is 25.0 Å². The molecular formula is C17H21N5O. The number of anilines is 1. The maximum atomic E-state index is 12.0. The Bertz CT molecular complexity index is 634. The molecule has 1 aromatic heterocycles. The molecule has 0 spiro atoms. The van der Waals surface area contributed by atoms with E-state index in [0.717, 1.165) is 19.5 Å². The summed E-state index contributed by atoms with van der Waals surface area (Å²) in [5, 5.41) is 5.75. The highest BCUT2D eigenvalue weighted by molar-refractivity contribution is 5.88. The number of carbonyl (C=O) groups excluding carboxylic acids is 1. The van der Waals surface area contributed by atoms with Gasteiger partial charge in [-0.15, -0.1) is 0 Å². The molecule has 3 rings (SSSR count). The van der Waals surface area contributed by atoms with E-state index in [1.54, 1.807) is 12.3 Å². The van der Waals surface area contributed by atoms with Crippen molar-refractivity contribution in [2.75, 3.05) is 11.9 Å². The molecule has 0 bridgehead atoms. The minimum absolute atomic E-state index is 0.149. The highest BCUT2D eigenvalue weighted by Crippen LogP contribution is 2.20. The summed E-state index contributed by atoms with van der Waals surface area (Å²) < 4.78 is 0. The Morgan fingerprint density at radius 3 is 2.87 bits per heavy atom. The van der Waals surface area contributed by atoms with E-state index in [9.17, 15) is 4.79 Å². The third-order valence-corrected chi connectivity index (χ3v) is 4.09. The zero-order valence-electron chi connectivity index (χ0n) is 13.1. The number of likely N-dealkylation sites (tertiary alicyclic amines) is 1. The molecule has 2 N–H and O–H groups in total. The quantitative estimate of drug-likeness (QED) is 0.908. The molecule has 2 aromatic rings. The van der Waals surface area contributed by atoms with Gasteiger partial charge in [0.15, 0.2) is 0 Å². The van der Waals surface area contributed by atoms with Gasteiger partial charge in [0.05, 0.1) is 0 Å². The van der Waals surface area contributed by atoms with Gasteiger partial charge in [0.2, 0.25) is 0 Å². The number of nitrogens with zero attached hydrogens (tertiary/aromatic N) is 3. The predicted molar refractivity (Wildman–Crippen MR) is 88.9 cm³/mol. The van der Waals surface area contributed by atoms with Crippen LogP contribution in [0.1, 0.15) is 18.9 Å². The van der Waals surface area contributed by atoms with Crippen molar-refractivity contribution >= 4 is 11.8 Å². The highest BCUT2D eigenvalue weighted by Gasteiger charge is 2.29. The number of carbonyl (C=O) groups is 1. The molecule has 0 aliphatic carbocycles. The Morgan fingerprint density at radius 2 is 2.13 bits per heavy atom. The molecule has 2 heterocycles. The fraction of sp³-hybridized carbons (Fsp3) is 0.353. The summed E-state index contributed by atoms with van der Waals surface area (Å²) in [7, 11) is 0. The molecule has 0 unspecified atom stereocenters. The second-order valence-corrected chi connectivity index (χ2v) is 5.89. The van der Waals surface area contributed by atoms with E-state index >= 15 is 0 Å². The molecule has 1 aromatic carbocycles. The topological polar surface area (TPSA) is 70.1 Å². The lowest BCUT2D eigenvalue weighted by Gasteiger charge is -2.20. The fourth-order valence-electron chi connectivity index (χ4n) is 2.94. The lowest BCUT2D eigenvalue weighted by atomic mass is 10.2. The number of nitrogens with one attached hydrogen (secondary N) is 2. The molecular weight excluding hydrogens is 290 g/mol. The van der Waals surface area contributed by atoms with E-state index < -0.39 is 0 Å². The number of amides is 2. The number of hydrogen-bond acceptors (Lipinski definition) is 4. The summed E-state index contributed by atoms with van der Waals surface area (Å²) in [6.45, 7) is 3.97. The van der Waals surface area contributed by atoms with Gasteiger partial charge >= 0.3 is 6.03 Å². The Labute approximate surface area is 135 Å². The molecule has 1 saturated heterocycles. The van der Waals surface area contributed by atoms with E-state index in [4.69, 9.17) is 0 Å². The molecule has 23 heavy (non-hydrogen) atoms. The van der Waals surface area contributed by atoms with Gasteiger partial charge < -0.3 is 5.32 Å². The molecule has 1 aliphatic heterocycles. The molecule has 2 atom stereocenters. The molecule has 2 amide bonds. The van der Waals surface area contributed by atoms with Crippen molar-refractivity contribution in [1.82, 2.24) is 20.2 Å². The third kappa shape index (κ3) is 4.26. The Kier molecular flexibility index (Phi) is 4.83. The fourth-order valence-corrected chi connectivity index (χ4v) is 2.94. The normalized spacial score (nSPS) is 21.1. The van der Waals surface area contributed by atoms with Crippen LogP contribution < -0.4 is 10.6 Å². The Balaban J connectivity index is 1.51. The second kappa shape index (κ2) is 7.19. The number of hydrogen-bond donors (Lipinski definition) is 2. The van der Waals surface area contributed by atoms with E-state index in [1.165, 1.54) is 11.9 Å². The molecule has 6 nitrogen and oxygen atoms in total. The van der Waals surface area contributed by atoms with Gasteiger partial charge in [-0.3, -0.25) is 10.2 Å². The highest BCUT2D eigenvalue weighted by atomic mass is 16.2. The van der Waals surface area contributed by atoms with Crippen LogP contribution in [0.5, 0.6) is 0 Å². The van der Waals surface area contributed by atoms with E-state index in [-0.39, 0.29) is 12.1 Å². The van der Waals surface area contributed by atoms with Crippen LogP contribution in [0.15, 0.2) is 48.9 Å². The maximum Gasteiger partial charge on any atom is 0.320 e. The number of urea groups is 1. The first-order valence-electron chi connectivity index (χ1n) is 7.82. The molecule has 1 fully saturated rings. The molecule has 0 radical (unpaired) electrons. The van der Waals surface area contributed by atoms with Gasteiger partial charge in [-0.25, -0.2) is 14.8 Å². The number of benzene rings is 1. The standard InChI is InChI=1S/C17H21N5O/c1-13-9-15(11-22(13)10-14-5-3-2-4-6-14)20-17(23)21-16-7-8-18-12-19-16/h2-8,12-13,15H,9-11H2,1H3,(H2,18,19,20,21,23)/t13-,15+/m1/s1. The lowest BCUT2D eigenvalue weighted by molar-refractivity contribution is 0.244. The van der Waals surface area contributed by atoms with Crippen molar-refractivity contribution in [3.05, 3.63) is 54.5 Å². The summed E-state index contributed by atoms with van der Waals surface area (Å²) in [6.07, 6.45) is 3.96. The Morgan fingerprint density at radius 1 is 1.30 bits per heavy atom. The van der Waals surface area contributed by atoms with E-state index in [1.807, 2.05) is 6.07 Å². The number of aromatic nitrogens is 2. The molecule has 0 saturated carbocycles.